The van der Waals surface area contributed by atoms with Crippen molar-refractivity contribution < 1.29 is 28.6 Å². The van der Waals surface area contributed by atoms with Crippen LogP contribution in [0.25, 0.3) is 0 Å². The SMILES string of the molecule is C=C(C)CC(OCC1CC1)C(=O)NC(C)(C)C.CC(C)(C)CC(OCC1CC1)C(=O)NC(C)(C)C.CC(C)(C)NC(=O)C(CC1CCCC1)OCC1CC1. The van der Waals surface area contributed by atoms with Gasteiger partial charge in [-0.3, -0.25) is 14.4 Å². The number of amides is 3. The number of hydrogen-bond donors (Lipinski definition) is 3. The van der Waals surface area contributed by atoms with Crippen molar-refractivity contribution in [3.63, 3.8) is 0 Å². The molecule has 0 spiro atoms. The smallest absolute Gasteiger partial charge is 0.249 e. The molecule has 3 N–H and O–H groups in total. The van der Waals surface area contributed by atoms with Crippen molar-refractivity contribution in [2.75, 3.05) is 19.8 Å². The Morgan fingerprint density at radius 2 is 0.870 bits per heavy atom. The minimum absolute atomic E-state index is 0.0260. The number of carbonyl (C=O) groups excluding carboxylic acids is 3. The standard InChI is InChI=1S/C16H29NO2.C15H29NO2.C14H25NO2/c1-16(2,3)17-15(18)14(19-11-13-8-9-13)10-12-6-4-5-7-12;1-14(2,3)9-12(18-10-11-7-8-11)13(17)16-15(4,5)6;1-10(2)8-12(17-9-11-6-7-11)13(16)15-14(3,4)5/h12-14H,4-11H2,1-3H3,(H,17,18);11-12H,7-10H2,1-6H3,(H,16,17);11-12H,1,6-9H2,2-5H3,(H,15,16). The maximum absolute atomic E-state index is 12.3. The Morgan fingerprint density at radius 3 is 1.20 bits per heavy atom. The van der Waals surface area contributed by atoms with Gasteiger partial charge in [-0.05, 0) is 150 Å². The summed E-state index contributed by atoms with van der Waals surface area (Å²) in [6, 6.07) is 0. The van der Waals surface area contributed by atoms with Gasteiger partial charge in [-0.2, -0.15) is 0 Å². The van der Waals surface area contributed by atoms with Crippen LogP contribution in [0.15, 0.2) is 12.2 Å². The lowest BCUT2D eigenvalue weighted by molar-refractivity contribution is -0.137. The fourth-order valence-electron chi connectivity index (χ4n) is 6.09. The summed E-state index contributed by atoms with van der Waals surface area (Å²) in [5.41, 5.74) is 0.496. The molecule has 54 heavy (non-hydrogen) atoms. The molecule has 4 rings (SSSR count). The zero-order valence-corrected chi connectivity index (χ0v) is 37.0. The van der Waals surface area contributed by atoms with Crippen LogP contribution in [-0.4, -0.2) is 72.5 Å². The maximum atomic E-state index is 12.3. The molecular formula is C45H83N3O6. The average Bonchev–Trinajstić information content (AvgIpc) is 3.88. The van der Waals surface area contributed by atoms with Crippen molar-refractivity contribution in [1.29, 1.82) is 0 Å². The van der Waals surface area contributed by atoms with Gasteiger partial charge in [-0.15, -0.1) is 6.58 Å². The largest absolute Gasteiger partial charge is 0.368 e. The van der Waals surface area contributed by atoms with Crippen LogP contribution in [0.4, 0.5) is 0 Å². The topological polar surface area (TPSA) is 115 Å². The summed E-state index contributed by atoms with van der Waals surface area (Å²) >= 11 is 0. The Kier molecular flexibility index (Phi) is 19.2. The van der Waals surface area contributed by atoms with Crippen molar-refractivity contribution in [3.8, 4) is 0 Å². The van der Waals surface area contributed by atoms with Gasteiger partial charge < -0.3 is 30.2 Å². The van der Waals surface area contributed by atoms with Crippen LogP contribution < -0.4 is 16.0 Å². The molecule has 314 valence electrons. The number of nitrogens with one attached hydrogen (secondary N) is 3. The highest BCUT2D eigenvalue weighted by molar-refractivity contribution is 5.82. The van der Waals surface area contributed by atoms with Crippen molar-refractivity contribution >= 4 is 17.7 Å². The zero-order valence-electron chi connectivity index (χ0n) is 37.0. The number of ether oxygens (including phenoxy) is 3. The molecule has 0 bridgehead atoms. The first-order valence-corrected chi connectivity index (χ1v) is 21.2. The molecule has 4 fully saturated rings. The molecule has 0 aromatic carbocycles. The van der Waals surface area contributed by atoms with E-state index in [1.807, 2.05) is 69.2 Å². The summed E-state index contributed by atoms with van der Waals surface area (Å²) in [5, 5.41) is 9.06. The minimum atomic E-state index is -0.382. The second kappa shape index (κ2) is 21.5. The summed E-state index contributed by atoms with van der Waals surface area (Å²) in [7, 11) is 0. The molecule has 0 heterocycles. The Morgan fingerprint density at radius 1 is 0.537 bits per heavy atom. The molecule has 3 atom stereocenters. The van der Waals surface area contributed by atoms with E-state index in [-0.39, 0.29) is 58.1 Å². The Labute approximate surface area is 331 Å². The van der Waals surface area contributed by atoms with Crippen LogP contribution >= 0.6 is 0 Å². The highest BCUT2D eigenvalue weighted by Gasteiger charge is 2.33. The Balaban J connectivity index is 0.000000281. The van der Waals surface area contributed by atoms with Crippen molar-refractivity contribution in [3.05, 3.63) is 12.2 Å². The predicted molar refractivity (Wildman–Crippen MR) is 221 cm³/mol. The van der Waals surface area contributed by atoms with Crippen LogP contribution in [0.2, 0.25) is 0 Å². The fourth-order valence-corrected chi connectivity index (χ4v) is 6.09. The summed E-state index contributed by atoms with van der Waals surface area (Å²) in [6.07, 6.45) is 14.1. The maximum Gasteiger partial charge on any atom is 0.249 e. The van der Waals surface area contributed by atoms with Gasteiger partial charge in [0.25, 0.3) is 0 Å². The first-order chi connectivity index (χ1) is 24.8. The molecule has 0 aromatic heterocycles. The van der Waals surface area contributed by atoms with Crippen LogP contribution in [0, 0.1) is 29.1 Å². The van der Waals surface area contributed by atoms with E-state index in [4.69, 9.17) is 14.2 Å². The van der Waals surface area contributed by atoms with Gasteiger partial charge in [0.2, 0.25) is 17.7 Å². The fraction of sp³-hybridized carbons (Fsp3) is 0.889. The van der Waals surface area contributed by atoms with Crippen molar-refractivity contribution in [1.82, 2.24) is 16.0 Å². The molecule has 0 radical (unpaired) electrons. The van der Waals surface area contributed by atoms with E-state index in [9.17, 15) is 14.4 Å². The van der Waals surface area contributed by atoms with Gasteiger partial charge in [0.15, 0.2) is 0 Å². The molecule has 0 aromatic rings. The van der Waals surface area contributed by atoms with Crippen molar-refractivity contribution in [2.24, 2.45) is 29.1 Å². The second-order valence-electron chi connectivity index (χ2n) is 21.3. The molecule has 0 aliphatic heterocycles. The van der Waals surface area contributed by atoms with E-state index in [1.165, 1.54) is 64.2 Å². The van der Waals surface area contributed by atoms with E-state index in [2.05, 4.69) is 43.3 Å². The molecule has 4 aliphatic rings. The molecule has 9 heteroatoms. The Hall–Kier alpha value is -1.97. The molecule has 4 saturated carbocycles. The number of rotatable bonds is 17. The monoisotopic (exact) mass is 762 g/mol. The van der Waals surface area contributed by atoms with Gasteiger partial charge >= 0.3 is 0 Å². The van der Waals surface area contributed by atoms with Gasteiger partial charge in [0.05, 0.1) is 19.8 Å². The van der Waals surface area contributed by atoms with Gasteiger partial charge in [0, 0.05) is 23.0 Å². The lowest BCUT2D eigenvalue weighted by Crippen LogP contribution is -2.47. The highest BCUT2D eigenvalue weighted by atomic mass is 16.5. The van der Waals surface area contributed by atoms with E-state index < -0.39 is 0 Å². The van der Waals surface area contributed by atoms with Crippen LogP contribution in [0.1, 0.15) is 173 Å². The van der Waals surface area contributed by atoms with E-state index in [0.717, 1.165) is 31.6 Å². The van der Waals surface area contributed by atoms with Gasteiger partial charge in [0.1, 0.15) is 18.3 Å². The molecule has 3 amide bonds. The van der Waals surface area contributed by atoms with Crippen molar-refractivity contribution in [2.45, 2.75) is 208 Å². The lowest BCUT2D eigenvalue weighted by atomic mass is 9.88. The lowest BCUT2D eigenvalue weighted by Gasteiger charge is -2.29. The third-order valence-electron chi connectivity index (χ3n) is 9.42. The van der Waals surface area contributed by atoms with Gasteiger partial charge in [-0.1, -0.05) is 52.0 Å². The first-order valence-electron chi connectivity index (χ1n) is 21.2. The highest BCUT2D eigenvalue weighted by Crippen LogP contribution is 2.33. The molecular weight excluding hydrogens is 679 g/mol. The summed E-state index contributed by atoms with van der Waals surface area (Å²) in [6.45, 7) is 32.4. The minimum Gasteiger partial charge on any atom is -0.368 e. The summed E-state index contributed by atoms with van der Waals surface area (Å²) in [5.74, 6) is 2.85. The van der Waals surface area contributed by atoms with E-state index >= 15 is 0 Å². The van der Waals surface area contributed by atoms with Crippen LogP contribution in [0.5, 0.6) is 0 Å². The molecule has 4 aliphatic carbocycles. The quantitative estimate of drug-likeness (QED) is 0.128. The number of hydrogen-bond acceptors (Lipinski definition) is 6. The first kappa shape index (κ1) is 48.2. The third kappa shape index (κ3) is 25.2. The van der Waals surface area contributed by atoms with Gasteiger partial charge in [-0.25, -0.2) is 0 Å². The molecule has 3 unspecified atom stereocenters. The predicted octanol–water partition coefficient (Wildman–Crippen LogP) is 9.07. The van der Waals surface area contributed by atoms with Crippen LogP contribution in [-0.2, 0) is 28.6 Å². The summed E-state index contributed by atoms with van der Waals surface area (Å²) < 4.78 is 17.5. The normalized spacial score (nSPS) is 19.6. The van der Waals surface area contributed by atoms with E-state index in [1.54, 1.807) is 0 Å². The summed E-state index contributed by atoms with van der Waals surface area (Å²) in [4.78, 5) is 36.6. The van der Waals surface area contributed by atoms with Crippen LogP contribution in [0.3, 0.4) is 0 Å². The zero-order chi connectivity index (χ0) is 40.9. The second-order valence-corrected chi connectivity index (χ2v) is 21.3. The molecule has 0 saturated heterocycles. The number of carbonyl (C=O) groups is 3. The third-order valence-corrected chi connectivity index (χ3v) is 9.42. The average molecular weight is 762 g/mol. The molecule has 9 nitrogen and oxygen atoms in total. The Bertz CT molecular complexity index is 1160. The van der Waals surface area contributed by atoms with E-state index in [0.29, 0.717) is 36.7 Å².